The summed E-state index contributed by atoms with van der Waals surface area (Å²) in [6.45, 7) is 4.42. The maximum absolute atomic E-state index is 11.9. The smallest absolute Gasteiger partial charge is 0.313 e. The molecular formula is C17H23N3O3. The molecule has 0 saturated carbocycles. The van der Waals surface area contributed by atoms with Gasteiger partial charge >= 0.3 is 11.8 Å². The third kappa shape index (κ3) is 4.82. The second-order valence-corrected chi connectivity index (χ2v) is 6.42. The second kappa shape index (κ2) is 7.28. The largest absolute Gasteiger partial charge is 0.396 e. The molecule has 2 rings (SSSR count). The van der Waals surface area contributed by atoms with Gasteiger partial charge < -0.3 is 20.7 Å². The first-order valence-electron chi connectivity index (χ1n) is 7.68. The van der Waals surface area contributed by atoms with Crippen LogP contribution in [0.25, 0.3) is 10.9 Å². The van der Waals surface area contributed by atoms with Gasteiger partial charge in [0.15, 0.2) is 0 Å². The average Bonchev–Trinajstić information content (AvgIpc) is 2.99. The Morgan fingerprint density at radius 2 is 2.00 bits per heavy atom. The molecule has 23 heavy (non-hydrogen) atoms. The second-order valence-electron chi connectivity index (χ2n) is 6.42. The predicted octanol–water partition coefficient (Wildman–Crippen LogP) is 2.02. The highest BCUT2D eigenvalue weighted by atomic mass is 16.3. The molecule has 4 N–H and O–H groups in total. The molecule has 0 atom stereocenters. The van der Waals surface area contributed by atoms with Crippen molar-refractivity contribution >= 4 is 28.4 Å². The van der Waals surface area contributed by atoms with Gasteiger partial charge in [-0.15, -0.1) is 0 Å². The summed E-state index contributed by atoms with van der Waals surface area (Å²) >= 11 is 0. The zero-order valence-electron chi connectivity index (χ0n) is 13.5. The maximum atomic E-state index is 11.9. The van der Waals surface area contributed by atoms with Gasteiger partial charge in [-0.05, 0) is 42.5 Å². The lowest BCUT2D eigenvalue weighted by atomic mass is 9.89. The standard InChI is InChI=1S/C17H23N3O3/c1-17(2,11-21)7-3-8-19-15(22)16(23)20-13-4-5-14-12(10-13)6-9-18-14/h4-6,9-10,18,21H,3,7-8,11H2,1-2H3,(H,19,22)(H,20,23). The minimum absolute atomic E-state index is 0.100. The molecule has 6 heteroatoms. The zero-order valence-corrected chi connectivity index (χ0v) is 13.5. The van der Waals surface area contributed by atoms with Crippen LogP contribution in [0.3, 0.4) is 0 Å². The van der Waals surface area contributed by atoms with Gasteiger partial charge in [-0.3, -0.25) is 9.59 Å². The summed E-state index contributed by atoms with van der Waals surface area (Å²) in [5.74, 6) is -1.33. The Kier molecular flexibility index (Phi) is 5.39. The summed E-state index contributed by atoms with van der Waals surface area (Å²) in [6, 6.07) is 7.29. The Morgan fingerprint density at radius 1 is 1.22 bits per heavy atom. The Bertz CT molecular complexity index is 691. The van der Waals surface area contributed by atoms with Gasteiger partial charge in [0.05, 0.1) is 0 Å². The summed E-state index contributed by atoms with van der Waals surface area (Å²) in [6.07, 6.45) is 3.30. The molecule has 1 aromatic carbocycles. The van der Waals surface area contributed by atoms with Crippen molar-refractivity contribution in [2.45, 2.75) is 26.7 Å². The molecule has 1 heterocycles. The molecule has 2 aromatic rings. The van der Waals surface area contributed by atoms with Crippen LogP contribution in [-0.4, -0.2) is 35.1 Å². The topological polar surface area (TPSA) is 94.2 Å². The lowest BCUT2D eigenvalue weighted by Crippen LogP contribution is -2.36. The van der Waals surface area contributed by atoms with Crippen molar-refractivity contribution < 1.29 is 14.7 Å². The number of aromatic nitrogens is 1. The van der Waals surface area contributed by atoms with E-state index in [-0.39, 0.29) is 12.0 Å². The number of carbonyl (C=O) groups excluding carboxylic acids is 2. The lowest BCUT2D eigenvalue weighted by Gasteiger charge is -2.21. The van der Waals surface area contributed by atoms with Gasteiger partial charge in [0.1, 0.15) is 0 Å². The molecule has 0 fully saturated rings. The maximum Gasteiger partial charge on any atom is 0.313 e. The highest BCUT2D eigenvalue weighted by molar-refractivity contribution is 6.39. The lowest BCUT2D eigenvalue weighted by molar-refractivity contribution is -0.136. The first kappa shape index (κ1) is 17.0. The number of hydrogen-bond acceptors (Lipinski definition) is 3. The van der Waals surface area contributed by atoms with Crippen molar-refractivity contribution in [1.82, 2.24) is 10.3 Å². The molecule has 0 aliphatic rings. The molecule has 6 nitrogen and oxygen atoms in total. The van der Waals surface area contributed by atoms with Crippen LogP contribution in [0, 0.1) is 5.41 Å². The highest BCUT2D eigenvalue weighted by Gasteiger charge is 2.17. The first-order valence-corrected chi connectivity index (χ1v) is 7.68. The molecule has 2 amide bonds. The number of H-pyrrole nitrogens is 1. The molecule has 0 unspecified atom stereocenters. The molecule has 0 aliphatic carbocycles. The van der Waals surface area contributed by atoms with Crippen molar-refractivity contribution in [2.24, 2.45) is 5.41 Å². The van der Waals surface area contributed by atoms with E-state index in [1.165, 1.54) is 0 Å². The van der Waals surface area contributed by atoms with E-state index < -0.39 is 11.8 Å². The quantitative estimate of drug-likeness (QED) is 0.485. The van der Waals surface area contributed by atoms with Gasteiger partial charge in [-0.1, -0.05) is 13.8 Å². The number of hydrogen-bond donors (Lipinski definition) is 4. The highest BCUT2D eigenvalue weighted by Crippen LogP contribution is 2.20. The van der Waals surface area contributed by atoms with Crippen LogP contribution in [-0.2, 0) is 9.59 Å². The number of anilines is 1. The summed E-state index contributed by atoms with van der Waals surface area (Å²) in [5.41, 5.74) is 1.39. The monoisotopic (exact) mass is 317 g/mol. The van der Waals surface area contributed by atoms with Crippen LogP contribution < -0.4 is 10.6 Å². The van der Waals surface area contributed by atoms with E-state index in [0.29, 0.717) is 18.7 Å². The minimum atomic E-state index is -0.679. The Labute approximate surface area is 135 Å². The fourth-order valence-corrected chi connectivity index (χ4v) is 2.25. The molecule has 0 aliphatic heterocycles. The van der Waals surface area contributed by atoms with Crippen LogP contribution in [0.5, 0.6) is 0 Å². The third-order valence-corrected chi connectivity index (χ3v) is 3.76. The van der Waals surface area contributed by atoms with Gasteiger partial charge in [0.25, 0.3) is 0 Å². The van der Waals surface area contributed by atoms with Crippen molar-refractivity contribution in [3.63, 3.8) is 0 Å². The van der Waals surface area contributed by atoms with Crippen LogP contribution >= 0.6 is 0 Å². The van der Waals surface area contributed by atoms with E-state index in [1.807, 2.05) is 32.2 Å². The number of aliphatic hydroxyl groups excluding tert-OH is 1. The Balaban J connectivity index is 1.79. The zero-order chi connectivity index (χ0) is 16.9. The number of aliphatic hydroxyl groups is 1. The Morgan fingerprint density at radius 3 is 2.74 bits per heavy atom. The van der Waals surface area contributed by atoms with Crippen molar-refractivity contribution in [2.75, 3.05) is 18.5 Å². The normalized spacial score (nSPS) is 11.4. The fourth-order valence-electron chi connectivity index (χ4n) is 2.25. The van der Waals surface area contributed by atoms with E-state index in [4.69, 9.17) is 5.11 Å². The van der Waals surface area contributed by atoms with Gasteiger partial charge in [-0.2, -0.15) is 0 Å². The molecule has 124 valence electrons. The minimum Gasteiger partial charge on any atom is -0.396 e. The van der Waals surface area contributed by atoms with Crippen molar-refractivity contribution in [3.8, 4) is 0 Å². The molecule has 0 spiro atoms. The number of aromatic amines is 1. The number of rotatable bonds is 6. The van der Waals surface area contributed by atoms with E-state index in [9.17, 15) is 9.59 Å². The number of benzene rings is 1. The fraction of sp³-hybridized carbons (Fsp3) is 0.412. The number of carbonyl (C=O) groups is 2. The van der Waals surface area contributed by atoms with Gasteiger partial charge in [0.2, 0.25) is 0 Å². The van der Waals surface area contributed by atoms with Crippen LogP contribution in [0.15, 0.2) is 30.5 Å². The van der Waals surface area contributed by atoms with Crippen LogP contribution in [0.2, 0.25) is 0 Å². The number of nitrogens with one attached hydrogen (secondary N) is 3. The number of fused-ring (bicyclic) bond motifs is 1. The molecule has 0 radical (unpaired) electrons. The summed E-state index contributed by atoms with van der Waals surface area (Å²) in [5, 5.41) is 15.3. The van der Waals surface area contributed by atoms with E-state index in [1.54, 1.807) is 12.1 Å². The number of amides is 2. The van der Waals surface area contributed by atoms with Crippen LogP contribution in [0.4, 0.5) is 5.69 Å². The summed E-state index contributed by atoms with van der Waals surface area (Å²) in [7, 11) is 0. The predicted molar refractivity (Wildman–Crippen MR) is 90.0 cm³/mol. The van der Waals surface area contributed by atoms with Crippen LogP contribution in [0.1, 0.15) is 26.7 Å². The van der Waals surface area contributed by atoms with Gasteiger partial charge in [0, 0.05) is 35.9 Å². The average molecular weight is 317 g/mol. The third-order valence-electron chi connectivity index (χ3n) is 3.76. The Hall–Kier alpha value is -2.34. The molecule has 0 bridgehead atoms. The molecule has 0 saturated heterocycles. The SMILES string of the molecule is CC(C)(CO)CCCNC(=O)C(=O)Nc1ccc2[nH]ccc2c1. The van der Waals surface area contributed by atoms with Crippen molar-refractivity contribution in [1.29, 1.82) is 0 Å². The summed E-state index contributed by atoms with van der Waals surface area (Å²) in [4.78, 5) is 26.7. The molecule has 1 aromatic heterocycles. The van der Waals surface area contributed by atoms with E-state index in [2.05, 4.69) is 15.6 Å². The van der Waals surface area contributed by atoms with Gasteiger partial charge in [-0.25, -0.2) is 0 Å². The summed E-state index contributed by atoms with van der Waals surface area (Å²) < 4.78 is 0. The first-order chi connectivity index (χ1) is 10.9. The van der Waals surface area contributed by atoms with E-state index in [0.717, 1.165) is 17.3 Å². The van der Waals surface area contributed by atoms with E-state index >= 15 is 0 Å². The van der Waals surface area contributed by atoms with Crippen molar-refractivity contribution in [3.05, 3.63) is 30.5 Å². The molecular weight excluding hydrogens is 294 g/mol.